The van der Waals surface area contributed by atoms with E-state index in [1.54, 1.807) is 12.1 Å². The first kappa shape index (κ1) is 16.3. The third kappa shape index (κ3) is 4.18. The van der Waals surface area contributed by atoms with E-state index in [2.05, 4.69) is 21.9 Å². The van der Waals surface area contributed by atoms with Gasteiger partial charge in [0.15, 0.2) is 0 Å². The van der Waals surface area contributed by atoms with Crippen LogP contribution in [0.15, 0.2) is 29.2 Å². The number of nitrogens with zero attached hydrogens (tertiary/aromatic N) is 1. The van der Waals surface area contributed by atoms with E-state index < -0.39 is 10.0 Å². The highest BCUT2D eigenvalue weighted by Crippen LogP contribution is 2.24. The van der Waals surface area contributed by atoms with Gasteiger partial charge in [0.25, 0.3) is 0 Å². The molecule has 0 aliphatic carbocycles. The highest BCUT2D eigenvalue weighted by atomic mass is 32.2. The van der Waals surface area contributed by atoms with Crippen LogP contribution in [0.3, 0.4) is 0 Å². The van der Waals surface area contributed by atoms with E-state index in [0.717, 1.165) is 31.9 Å². The molecule has 5 nitrogen and oxygen atoms in total. The fraction of sp³-hybridized carbons (Fsp3) is 0.600. The van der Waals surface area contributed by atoms with E-state index in [0.29, 0.717) is 10.8 Å². The Morgan fingerprint density at radius 2 is 2.00 bits per heavy atom. The third-order valence-electron chi connectivity index (χ3n) is 3.98. The Hall–Kier alpha value is -1.11. The van der Waals surface area contributed by atoms with Crippen molar-refractivity contribution in [1.82, 2.24) is 10.0 Å². The van der Waals surface area contributed by atoms with Crippen molar-refractivity contribution in [1.29, 1.82) is 0 Å². The van der Waals surface area contributed by atoms with Gasteiger partial charge in [0, 0.05) is 18.8 Å². The maximum absolute atomic E-state index is 11.7. The molecule has 0 radical (unpaired) electrons. The quantitative estimate of drug-likeness (QED) is 0.834. The minimum atomic E-state index is -3.35. The number of hydrogen-bond acceptors (Lipinski definition) is 4. The Morgan fingerprint density at radius 3 is 2.62 bits per heavy atom. The van der Waals surface area contributed by atoms with Crippen LogP contribution in [-0.2, 0) is 10.0 Å². The highest BCUT2D eigenvalue weighted by Gasteiger charge is 2.20. The Labute approximate surface area is 127 Å². The molecule has 0 aromatic heterocycles. The number of anilines is 1. The summed E-state index contributed by atoms with van der Waals surface area (Å²) in [6, 6.07) is 7.16. The van der Waals surface area contributed by atoms with Crippen molar-refractivity contribution in [3.05, 3.63) is 24.3 Å². The summed E-state index contributed by atoms with van der Waals surface area (Å²) >= 11 is 0. The topological polar surface area (TPSA) is 61.4 Å². The molecule has 0 saturated carbocycles. The zero-order valence-electron chi connectivity index (χ0n) is 12.8. The Kier molecular flexibility index (Phi) is 5.61. The molecule has 2 N–H and O–H groups in total. The average molecular weight is 311 g/mol. The SMILES string of the molecule is CCNCC1CCCN(c2ccc(S(=O)(=O)NC)cc2)C1. The highest BCUT2D eigenvalue weighted by molar-refractivity contribution is 7.89. The second kappa shape index (κ2) is 7.24. The van der Waals surface area contributed by atoms with Crippen molar-refractivity contribution in [2.24, 2.45) is 5.92 Å². The van der Waals surface area contributed by atoms with Gasteiger partial charge in [-0.1, -0.05) is 6.92 Å². The molecule has 6 heteroatoms. The van der Waals surface area contributed by atoms with E-state index >= 15 is 0 Å². The zero-order chi connectivity index (χ0) is 15.3. The summed E-state index contributed by atoms with van der Waals surface area (Å²) in [6.45, 7) is 6.26. The number of hydrogen-bond donors (Lipinski definition) is 2. The molecule has 1 aromatic rings. The lowest BCUT2D eigenvalue weighted by Gasteiger charge is -2.34. The molecule has 0 spiro atoms. The molecule has 1 atom stereocenters. The number of nitrogens with one attached hydrogen (secondary N) is 2. The van der Waals surface area contributed by atoms with Crippen molar-refractivity contribution in [2.75, 3.05) is 38.1 Å². The first-order chi connectivity index (χ1) is 10.1. The van der Waals surface area contributed by atoms with Gasteiger partial charge in [0.1, 0.15) is 0 Å². The van der Waals surface area contributed by atoms with Gasteiger partial charge in [-0.3, -0.25) is 0 Å². The fourth-order valence-corrected chi connectivity index (χ4v) is 3.50. The second-order valence-electron chi connectivity index (χ2n) is 5.46. The Morgan fingerprint density at radius 1 is 1.29 bits per heavy atom. The van der Waals surface area contributed by atoms with Gasteiger partial charge in [0.05, 0.1) is 4.90 Å². The lowest BCUT2D eigenvalue weighted by molar-refractivity contribution is 0.395. The molecule has 21 heavy (non-hydrogen) atoms. The van der Waals surface area contributed by atoms with Gasteiger partial charge in [0.2, 0.25) is 10.0 Å². The largest absolute Gasteiger partial charge is 0.371 e. The molecule has 118 valence electrons. The molecular weight excluding hydrogens is 286 g/mol. The van der Waals surface area contributed by atoms with Gasteiger partial charge in [-0.25, -0.2) is 13.1 Å². The maximum atomic E-state index is 11.7. The summed E-state index contributed by atoms with van der Waals surface area (Å²) in [5.41, 5.74) is 1.10. The van der Waals surface area contributed by atoms with Crippen molar-refractivity contribution in [2.45, 2.75) is 24.7 Å². The molecule has 1 aliphatic rings. The van der Waals surface area contributed by atoms with Gasteiger partial charge < -0.3 is 10.2 Å². The van der Waals surface area contributed by atoms with Gasteiger partial charge >= 0.3 is 0 Å². The lowest BCUT2D eigenvalue weighted by atomic mass is 9.97. The van der Waals surface area contributed by atoms with Crippen LogP contribution >= 0.6 is 0 Å². The predicted octanol–water partition coefficient (Wildman–Crippen LogP) is 1.42. The minimum absolute atomic E-state index is 0.315. The molecule has 1 aliphatic heterocycles. The van der Waals surface area contributed by atoms with E-state index in [-0.39, 0.29) is 0 Å². The number of piperidine rings is 1. The smallest absolute Gasteiger partial charge is 0.240 e. The predicted molar refractivity (Wildman–Crippen MR) is 86.2 cm³/mol. The summed E-state index contributed by atoms with van der Waals surface area (Å²) in [5.74, 6) is 0.666. The maximum Gasteiger partial charge on any atom is 0.240 e. The normalized spacial score (nSPS) is 19.7. The third-order valence-corrected chi connectivity index (χ3v) is 5.41. The molecule has 1 saturated heterocycles. The van der Waals surface area contributed by atoms with Gasteiger partial charge in [-0.2, -0.15) is 0 Å². The molecule has 0 bridgehead atoms. The molecule has 1 heterocycles. The van der Waals surface area contributed by atoms with Crippen molar-refractivity contribution in [3.63, 3.8) is 0 Å². The van der Waals surface area contributed by atoms with Crippen LogP contribution in [0.25, 0.3) is 0 Å². The molecule has 1 aromatic carbocycles. The summed E-state index contributed by atoms with van der Waals surface area (Å²) in [4.78, 5) is 2.66. The Bertz CT molecular complexity index is 543. The first-order valence-electron chi connectivity index (χ1n) is 7.56. The summed E-state index contributed by atoms with van der Waals surface area (Å²) in [7, 11) is -1.92. The van der Waals surface area contributed by atoms with Crippen LogP contribution in [0.1, 0.15) is 19.8 Å². The van der Waals surface area contributed by atoms with Crippen LogP contribution in [0.4, 0.5) is 5.69 Å². The van der Waals surface area contributed by atoms with E-state index in [9.17, 15) is 8.42 Å². The lowest BCUT2D eigenvalue weighted by Crippen LogP contribution is -2.39. The van der Waals surface area contributed by atoms with Crippen LogP contribution in [0, 0.1) is 5.92 Å². The minimum Gasteiger partial charge on any atom is -0.371 e. The van der Waals surface area contributed by atoms with Gasteiger partial charge in [-0.15, -0.1) is 0 Å². The standard InChI is InChI=1S/C15H25N3O2S/c1-3-17-11-13-5-4-10-18(12-13)14-6-8-15(9-7-14)21(19,20)16-2/h6-9,13,16-17H,3-5,10-12H2,1-2H3. The monoisotopic (exact) mass is 311 g/mol. The van der Waals surface area contributed by atoms with E-state index in [4.69, 9.17) is 0 Å². The van der Waals surface area contributed by atoms with Crippen LogP contribution in [-0.4, -0.2) is 41.6 Å². The summed E-state index contributed by atoms with van der Waals surface area (Å²) < 4.78 is 25.8. The Balaban J connectivity index is 2.04. The number of rotatable bonds is 6. The molecule has 2 rings (SSSR count). The zero-order valence-corrected chi connectivity index (χ0v) is 13.6. The van der Waals surface area contributed by atoms with Crippen molar-refractivity contribution in [3.8, 4) is 0 Å². The number of benzene rings is 1. The first-order valence-corrected chi connectivity index (χ1v) is 9.04. The number of sulfonamides is 1. The van der Waals surface area contributed by atoms with Crippen LogP contribution in [0.2, 0.25) is 0 Å². The van der Waals surface area contributed by atoms with Crippen molar-refractivity contribution >= 4 is 15.7 Å². The second-order valence-corrected chi connectivity index (χ2v) is 7.35. The average Bonchev–Trinajstić information content (AvgIpc) is 2.53. The molecule has 1 unspecified atom stereocenters. The van der Waals surface area contributed by atoms with Crippen LogP contribution < -0.4 is 14.9 Å². The fourth-order valence-electron chi connectivity index (χ4n) is 2.77. The summed E-state index contributed by atoms with van der Waals surface area (Å²) in [6.07, 6.45) is 2.45. The van der Waals surface area contributed by atoms with E-state index in [1.165, 1.54) is 19.9 Å². The summed E-state index contributed by atoms with van der Waals surface area (Å²) in [5, 5.41) is 3.41. The molecule has 1 fully saturated rings. The van der Waals surface area contributed by atoms with Crippen LogP contribution in [0.5, 0.6) is 0 Å². The molecular formula is C15H25N3O2S. The van der Waals surface area contributed by atoms with Gasteiger partial charge in [-0.05, 0) is 63.2 Å². The van der Waals surface area contributed by atoms with E-state index in [1.807, 2.05) is 12.1 Å². The van der Waals surface area contributed by atoms with Crippen molar-refractivity contribution < 1.29 is 8.42 Å². The molecule has 0 amide bonds.